The largest absolute Gasteiger partial charge is 0.442 e. The first-order valence-electron chi connectivity index (χ1n) is 9.49. The first kappa shape index (κ1) is 21.1. The Morgan fingerprint density at radius 2 is 2.10 bits per heavy atom. The lowest BCUT2D eigenvalue weighted by Crippen LogP contribution is -2.26. The maximum Gasteiger partial charge on any atom is 0.414 e. The summed E-state index contributed by atoms with van der Waals surface area (Å²) < 4.78 is 52.5. The van der Waals surface area contributed by atoms with Crippen LogP contribution in [0.25, 0.3) is 0 Å². The van der Waals surface area contributed by atoms with E-state index in [-0.39, 0.29) is 36.5 Å². The molecule has 0 saturated carbocycles. The number of amides is 2. The lowest BCUT2D eigenvalue weighted by Gasteiger charge is -2.21. The number of rotatable bonds is 4. The van der Waals surface area contributed by atoms with Gasteiger partial charge in [0.1, 0.15) is 17.7 Å². The Bertz CT molecular complexity index is 1150. The molecule has 1 saturated heterocycles. The average Bonchev–Trinajstić information content (AvgIpc) is 3.32. The number of allylic oxidation sites excluding steroid dienone is 1. The van der Waals surface area contributed by atoms with Crippen LogP contribution in [0.15, 0.2) is 40.4 Å². The van der Waals surface area contributed by atoms with Gasteiger partial charge in [-0.05, 0) is 18.6 Å². The van der Waals surface area contributed by atoms with Crippen LogP contribution >= 0.6 is 0 Å². The molecule has 2 amide bonds. The van der Waals surface area contributed by atoms with E-state index >= 15 is 0 Å². The molecule has 164 valence electrons. The Labute approximate surface area is 176 Å². The molecule has 2 aliphatic heterocycles. The van der Waals surface area contributed by atoms with Crippen LogP contribution < -0.4 is 4.90 Å². The summed E-state index contributed by atoms with van der Waals surface area (Å²) in [5.41, 5.74) is -0.143. The molecule has 0 radical (unpaired) electrons. The fourth-order valence-corrected chi connectivity index (χ4v) is 5.41. The summed E-state index contributed by atoms with van der Waals surface area (Å²) in [7, 11) is -2.84. The molecule has 9 nitrogen and oxygen atoms in total. The molecule has 2 unspecified atom stereocenters. The summed E-state index contributed by atoms with van der Waals surface area (Å²) in [6.45, 7) is 1.57. The van der Waals surface area contributed by atoms with E-state index in [1.54, 1.807) is 6.20 Å². The molecule has 1 aromatic heterocycles. The van der Waals surface area contributed by atoms with Crippen molar-refractivity contribution in [1.29, 1.82) is 0 Å². The molecule has 0 spiro atoms. The quantitative estimate of drug-likeness (QED) is 0.707. The first-order valence-corrected chi connectivity index (χ1v) is 11.2. The summed E-state index contributed by atoms with van der Waals surface area (Å²) in [4.78, 5) is 24.5. The molecule has 0 aliphatic carbocycles. The van der Waals surface area contributed by atoms with Gasteiger partial charge < -0.3 is 4.74 Å². The second-order valence-electron chi connectivity index (χ2n) is 7.29. The fourth-order valence-electron chi connectivity index (χ4n) is 3.66. The molecule has 2 aromatic rings. The molecular weight excluding hydrogens is 432 g/mol. The number of carbonyl (C=O) groups is 2. The summed E-state index contributed by atoms with van der Waals surface area (Å²) in [5.74, 6) is -2.84. The van der Waals surface area contributed by atoms with Gasteiger partial charge in [0.05, 0.1) is 34.7 Å². The predicted molar refractivity (Wildman–Crippen MR) is 107 cm³/mol. The van der Waals surface area contributed by atoms with Crippen molar-refractivity contribution in [3.8, 4) is 0 Å². The Morgan fingerprint density at radius 3 is 2.68 bits per heavy atom. The normalized spacial score (nSPS) is 25.5. The Kier molecular flexibility index (Phi) is 5.56. The van der Waals surface area contributed by atoms with Gasteiger partial charge in [-0.3, -0.25) is 9.69 Å². The zero-order valence-electron chi connectivity index (χ0n) is 16.5. The molecule has 2 aliphatic rings. The minimum Gasteiger partial charge on any atom is -0.442 e. The topological polar surface area (TPSA) is 107 Å². The van der Waals surface area contributed by atoms with Gasteiger partial charge in [0, 0.05) is 35.8 Å². The van der Waals surface area contributed by atoms with Gasteiger partial charge in [0.15, 0.2) is 0 Å². The number of hydrogen-bond acceptors (Lipinski definition) is 6. The first-order chi connectivity index (χ1) is 14.7. The number of halogens is 2. The smallest absolute Gasteiger partial charge is 0.414 e. The van der Waals surface area contributed by atoms with Crippen LogP contribution in [-0.2, 0) is 25.8 Å². The molecule has 0 N–H and O–H groups in total. The van der Waals surface area contributed by atoms with Crippen LogP contribution in [0.3, 0.4) is 0 Å². The van der Waals surface area contributed by atoms with Crippen molar-refractivity contribution < 1.29 is 27.3 Å². The predicted octanol–water partition coefficient (Wildman–Crippen LogP) is 2.60. The summed E-state index contributed by atoms with van der Waals surface area (Å²) >= 11 is 0. The minimum atomic E-state index is -2.84. The number of cyclic esters (lactones) is 1. The second-order valence-corrected chi connectivity index (χ2v) is 9.54. The van der Waals surface area contributed by atoms with Crippen LogP contribution in [-0.4, -0.2) is 49.6 Å². The number of nitrogens with zero attached hydrogens (tertiary/aromatic N) is 5. The third kappa shape index (κ3) is 4.48. The molecule has 12 heteroatoms. The molecule has 1 aromatic carbocycles. The van der Waals surface area contributed by atoms with Crippen molar-refractivity contribution in [2.75, 3.05) is 17.2 Å². The molecule has 4 rings (SSSR count). The van der Waals surface area contributed by atoms with Crippen LogP contribution in [0.5, 0.6) is 0 Å². The van der Waals surface area contributed by atoms with Crippen molar-refractivity contribution in [2.24, 2.45) is 4.36 Å². The van der Waals surface area contributed by atoms with E-state index in [0.29, 0.717) is 0 Å². The van der Waals surface area contributed by atoms with Crippen molar-refractivity contribution in [2.45, 2.75) is 31.9 Å². The molecule has 3 atom stereocenters. The fraction of sp³-hybridized carbons (Fsp3) is 0.368. The lowest BCUT2D eigenvalue weighted by atomic mass is 9.95. The van der Waals surface area contributed by atoms with Crippen LogP contribution in [0.1, 0.15) is 24.8 Å². The lowest BCUT2D eigenvalue weighted by molar-refractivity contribution is -0.115. The van der Waals surface area contributed by atoms with E-state index in [1.165, 1.54) is 29.3 Å². The molecule has 31 heavy (non-hydrogen) atoms. The zero-order chi connectivity index (χ0) is 22.2. The summed E-state index contributed by atoms with van der Waals surface area (Å²) in [5, 5.41) is 8.73. The zero-order valence-corrected chi connectivity index (χ0v) is 17.3. The van der Waals surface area contributed by atoms with Gasteiger partial charge in [-0.15, -0.1) is 5.10 Å². The van der Waals surface area contributed by atoms with Crippen LogP contribution in [0.2, 0.25) is 0 Å². The monoisotopic (exact) mass is 451 g/mol. The highest BCUT2D eigenvalue weighted by Crippen LogP contribution is 2.34. The maximum absolute atomic E-state index is 14.9. The van der Waals surface area contributed by atoms with Gasteiger partial charge in [-0.2, -0.15) is 4.36 Å². The van der Waals surface area contributed by atoms with E-state index in [2.05, 4.69) is 14.7 Å². The van der Waals surface area contributed by atoms with E-state index in [1.807, 2.05) is 0 Å². The van der Waals surface area contributed by atoms with Crippen LogP contribution in [0, 0.1) is 11.6 Å². The number of carbonyl (C=O) groups excluding carboxylic acids is 2. The van der Waals surface area contributed by atoms with E-state index in [9.17, 15) is 22.6 Å². The van der Waals surface area contributed by atoms with Gasteiger partial charge >= 0.3 is 6.09 Å². The molecule has 1 fully saturated rings. The third-order valence-corrected chi connectivity index (χ3v) is 6.98. The minimum absolute atomic E-state index is 0.0246. The number of aromatic nitrogens is 3. The Morgan fingerprint density at radius 1 is 1.35 bits per heavy atom. The van der Waals surface area contributed by atoms with Gasteiger partial charge in [-0.25, -0.2) is 22.5 Å². The highest BCUT2D eigenvalue weighted by molar-refractivity contribution is 7.96. The Hall–Kier alpha value is -3.15. The van der Waals surface area contributed by atoms with Crippen LogP contribution in [0.4, 0.5) is 19.3 Å². The van der Waals surface area contributed by atoms with E-state index < -0.39 is 45.4 Å². The van der Waals surface area contributed by atoms with Gasteiger partial charge in [0.2, 0.25) is 0 Å². The SMILES string of the molecule is CC(=O)N=S1(=O)C=CC(c2c(F)cc(N3C[C@H](Cn4ccnn4)OC3=O)cc2F)CC1. The summed E-state index contributed by atoms with van der Waals surface area (Å²) in [6, 6.07) is 2.16. The van der Waals surface area contributed by atoms with E-state index in [0.717, 1.165) is 17.0 Å². The van der Waals surface area contributed by atoms with Crippen molar-refractivity contribution in [3.05, 3.63) is 53.2 Å². The van der Waals surface area contributed by atoms with Gasteiger partial charge in [0.25, 0.3) is 5.91 Å². The average molecular weight is 451 g/mol. The van der Waals surface area contributed by atoms with Crippen molar-refractivity contribution >= 4 is 27.4 Å². The van der Waals surface area contributed by atoms with Crippen molar-refractivity contribution in [3.63, 3.8) is 0 Å². The maximum atomic E-state index is 14.9. The highest BCUT2D eigenvalue weighted by Gasteiger charge is 2.34. The highest BCUT2D eigenvalue weighted by atomic mass is 32.2. The van der Waals surface area contributed by atoms with Gasteiger partial charge in [-0.1, -0.05) is 11.3 Å². The van der Waals surface area contributed by atoms with Crippen molar-refractivity contribution in [1.82, 2.24) is 15.0 Å². The second kappa shape index (κ2) is 8.17. The standard InChI is InChI=1S/C19H19F2N5O4S/c1-12(27)23-31(29)6-2-13(3-7-31)18-16(20)8-14(9-17(18)21)26-11-15(30-19(26)28)10-25-5-4-22-24-25/h2,4-6,8-9,13,15H,3,7,10-11H2,1H3/t13?,15-,31?/m0/s1. The Balaban J connectivity index is 1.54. The summed E-state index contributed by atoms with van der Waals surface area (Å²) in [6.07, 6.45) is 3.44. The number of anilines is 1. The number of hydrogen-bond donors (Lipinski definition) is 0. The number of benzene rings is 1. The number of ether oxygens (including phenoxy) is 1. The molecular formula is C19H19F2N5O4S. The molecule has 0 bridgehead atoms. The third-order valence-electron chi connectivity index (χ3n) is 5.01. The van der Waals surface area contributed by atoms with E-state index in [4.69, 9.17) is 4.74 Å². The molecule has 3 heterocycles.